The number of hydrogen-bond acceptors (Lipinski definition) is 3. The summed E-state index contributed by atoms with van der Waals surface area (Å²) in [7, 11) is 0. The van der Waals surface area contributed by atoms with Crippen LogP contribution in [0.15, 0.2) is 78.9 Å². The summed E-state index contributed by atoms with van der Waals surface area (Å²) in [4.78, 5) is 29.6. The Balaban J connectivity index is 1.57. The standard InChI is InChI=1S/C33H40N2O2S/c1-25-12-11-16-28(20-25)23-38-24-32(36)35(22-29-17-10-9-13-26(29)2)31(21-27-14-5-3-6-15-27)33(37)34-30-18-7-4-8-19-30/h3,5-6,9-17,20,30-31H,4,7-8,18-19,21-24H2,1-2H3,(H,34,37)/t31-/m0/s1. The molecule has 4 nitrogen and oxygen atoms in total. The summed E-state index contributed by atoms with van der Waals surface area (Å²) >= 11 is 1.61. The number of nitrogens with zero attached hydrogens (tertiary/aromatic N) is 1. The largest absolute Gasteiger partial charge is 0.352 e. The van der Waals surface area contributed by atoms with Gasteiger partial charge in [-0.2, -0.15) is 0 Å². The fraction of sp³-hybridized carbons (Fsp3) is 0.394. The van der Waals surface area contributed by atoms with Crippen LogP contribution in [-0.4, -0.2) is 34.6 Å². The fourth-order valence-corrected chi connectivity index (χ4v) is 6.07. The summed E-state index contributed by atoms with van der Waals surface area (Å²) in [6.07, 6.45) is 6.06. The molecule has 0 radical (unpaired) electrons. The molecule has 0 saturated heterocycles. The molecule has 0 aromatic heterocycles. The molecule has 1 aliphatic rings. The lowest BCUT2D eigenvalue weighted by Crippen LogP contribution is -2.53. The predicted octanol–water partition coefficient (Wildman–Crippen LogP) is 6.63. The number of thioether (sulfide) groups is 1. The maximum absolute atomic E-state index is 13.9. The van der Waals surface area contributed by atoms with E-state index in [9.17, 15) is 9.59 Å². The van der Waals surface area contributed by atoms with Crippen LogP contribution in [0.1, 0.15) is 59.9 Å². The van der Waals surface area contributed by atoms with Gasteiger partial charge in [0.1, 0.15) is 6.04 Å². The van der Waals surface area contributed by atoms with Crippen molar-refractivity contribution in [3.8, 4) is 0 Å². The first-order chi connectivity index (χ1) is 18.5. The van der Waals surface area contributed by atoms with Gasteiger partial charge in [-0.1, -0.05) is 104 Å². The number of carbonyl (C=O) groups is 2. The lowest BCUT2D eigenvalue weighted by molar-refractivity contribution is -0.139. The van der Waals surface area contributed by atoms with Gasteiger partial charge in [-0.05, 0) is 48.9 Å². The van der Waals surface area contributed by atoms with Gasteiger partial charge in [-0.3, -0.25) is 9.59 Å². The first kappa shape index (κ1) is 28.0. The van der Waals surface area contributed by atoms with E-state index in [-0.39, 0.29) is 17.9 Å². The summed E-state index contributed by atoms with van der Waals surface area (Å²) < 4.78 is 0. The second kappa shape index (κ2) is 14.2. The lowest BCUT2D eigenvalue weighted by Gasteiger charge is -2.34. The molecule has 4 rings (SSSR count). The molecule has 1 fully saturated rings. The lowest BCUT2D eigenvalue weighted by atomic mass is 9.94. The van der Waals surface area contributed by atoms with Crippen LogP contribution in [0.25, 0.3) is 0 Å². The Kier molecular flexibility index (Phi) is 10.5. The molecule has 2 amide bonds. The Labute approximate surface area is 232 Å². The van der Waals surface area contributed by atoms with Gasteiger partial charge in [-0.15, -0.1) is 11.8 Å². The molecule has 38 heavy (non-hydrogen) atoms. The normalized spacial score (nSPS) is 14.6. The molecule has 0 unspecified atom stereocenters. The van der Waals surface area contributed by atoms with Crippen molar-refractivity contribution in [1.82, 2.24) is 10.2 Å². The number of benzene rings is 3. The number of amides is 2. The fourth-order valence-electron chi connectivity index (χ4n) is 5.21. The molecule has 200 valence electrons. The highest BCUT2D eigenvalue weighted by Crippen LogP contribution is 2.22. The molecule has 0 spiro atoms. The molecule has 3 aromatic rings. The molecule has 0 bridgehead atoms. The van der Waals surface area contributed by atoms with Crippen LogP contribution < -0.4 is 5.32 Å². The minimum Gasteiger partial charge on any atom is -0.352 e. The molecule has 0 aliphatic heterocycles. The van der Waals surface area contributed by atoms with Crippen LogP contribution in [0, 0.1) is 13.8 Å². The second-order valence-corrected chi connectivity index (χ2v) is 11.5. The first-order valence-corrected chi connectivity index (χ1v) is 15.0. The van der Waals surface area contributed by atoms with Crippen LogP contribution >= 0.6 is 11.8 Å². The third-order valence-electron chi connectivity index (χ3n) is 7.40. The Hall–Kier alpha value is -3.05. The third kappa shape index (κ3) is 8.22. The Bertz CT molecular complexity index is 1190. The van der Waals surface area contributed by atoms with E-state index in [0.717, 1.165) is 48.1 Å². The molecule has 1 saturated carbocycles. The van der Waals surface area contributed by atoms with Crippen LogP contribution in [-0.2, 0) is 28.3 Å². The van der Waals surface area contributed by atoms with Crippen LogP contribution in [0.4, 0.5) is 0 Å². The summed E-state index contributed by atoms with van der Waals surface area (Å²) in [5.74, 6) is 1.07. The first-order valence-electron chi connectivity index (χ1n) is 13.8. The molecule has 3 aromatic carbocycles. The summed E-state index contributed by atoms with van der Waals surface area (Å²) in [6.45, 7) is 4.58. The third-order valence-corrected chi connectivity index (χ3v) is 8.39. The Morgan fingerprint density at radius 3 is 2.34 bits per heavy atom. The van der Waals surface area contributed by atoms with Crippen LogP contribution in [0.3, 0.4) is 0 Å². The van der Waals surface area contributed by atoms with Crippen molar-refractivity contribution in [2.24, 2.45) is 0 Å². The average Bonchev–Trinajstić information content (AvgIpc) is 2.92. The van der Waals surface area contributed by atoms with Crippen molar-refractivity contribution in [1.29, 1.82) is 0 Å². The molecule has 1 aliphatic carbocycles. The summed E-state index contributed by atoms with van der Waals surface area (Å²) in [6, 6.07) is 26.3. The van der Waals surface area contributed by atoms with E-state index in [1.165, 1.54) is 17.5 Å². The number of carbonyl (C=O) groups excluding carboxylic acids is 2. The maximum atomic E-state index is 13.9. The van der Waals surface area contributed by atoms with Crippen LogP contribution in [0.2, 0.25) is 0 Å². The molecule has 0 heterocycles. The van der Waals surface area contributed by atoms with E-state index >= 15 is 0 Å². The highest BCUT2D eigenvalue weighted by molar-refractivity contribution is 7.99. The molecular formula is C33H40N2O2S. The van der Waals surface area contributed by atoms with Crippen molar-refractivity contribution in [2.45, 2.75) is 76.8 Å². The van der Waals surface area contributed by atoms with Gasteiger partial charge in [0.25, 0.3) is 0 Å². The quantitative estimate of drug-likeness (QED) is 0.304. The number of aryl methyl sites for hydroxylation is 2. The number of rotatable bonds is 11. The average molecular weight is 529 g/mol. The van der Waals surface area contributed by atoms with Gasteiger partial charge in [0.2, 0.25) is 11.8 Å². The SMILES string of the molecule is Cc1cccc(CSCC(=O)N(Cc2ccccc2C)[C@@H](Cc2ccccc2)C(=O)NC2CCCCC2)c1. The zero-order valence-electron chi connectivity index (χ0n) is 22.7. The number of hydrogen-bond donors (Lipinski definition) is 1. The topological polar surface area (TPSA) is 49.4 Å². The van der Waals surface area contributed by atoms with Gasteiger partial charge in [-0.25, -0.2) is 0 Å². The number of nitrogens with one attached hydrogen (secondary N) is 1. The van der Waals surface area contributed by atoms with E-state index in [2.05, 4.69) is 55.6 Å². The van der Waals surface area contributed by atoms with E-state index in [1.807, 2.05) is 47.4 Å². The summed E-state index contributed by atoms with van der Waals surface area (Å²) in [5.41, 5.74) is 5.70. The van der Waals surface area contributed by atoms with Crippen molar-refractivity contribution >= 4 is 23.6 Å². The minimum absolute atomic E-state index is 0.00521. The maximum Gasteiger partial charge on any atom is 0.243 e. The van der Waals surface area contributed by atoms with Crippen molar-refractivity contribution in [3.05, 3.63) is 107 Å². The predicted molar refractivity (Wildman–Crippen MR) is 158 cm³/mol. The highest BCUT2D eigenvalue weighted by atomic mass is 32.2. The van der Waals surface area contributed by atoms with Crippen molar-refractivity contribution in [2.75, 3.05) is 5.75 Å². The molecular weight excluding hydrogens is 488 g/mol. The minimum atomic E-state index is -0.564. The Morgan fingerprint density at radius 1 is 0.895 bits per heavy atom. The van der Waals surface area contributed by atoms with Crippen molar-refractivity contribution < 1.29 is 9.59 Å². The van der Waals surface area contributed by atoms with Gasteiger partial charge >= 0.3 is 0 Å². The van der Waals surface area contributed by atoms with Crippen LogP contribution in [0.5, 0.6) is 0 Å². The summed E-state index contributed by atoms with van der Waals surface area (Å²) in [5, 5.41) is 3.32. The smallest absolute Gasteiger partial charge is 0.243 e. The van der Waals surface area contributed by atoms with E-state index < -0.39 is 6.04 Å². The highest BCUT2D eigenvalue weighted by Gasteiger charge is 2.32. The van der Waals surface area contributed by atoms with Gasteiger partial charge in [0.15, 0.2) is 0 Å². The Morgan fingerprint density at radius 2 is 1.61 bits per heavy atom. The van der Waals surface area contributed by atoms with Gasteiger partial charge in [0.05, 0.1) is 5.75 Å². The van der Waals surface area contributed by atoms with Gasteiger partial charge in [0, 0.05) is 24.8 Å². The van der Waals surface area contributed by atoms with E-state index in [4.69, 9.17) is 0 Å². The van der Waals surface area contributed by atoms with E-state index in [1.54, 1.807) is 11.8 Å². The molecule has 1 atom stereocenters. The zero-order chi connectivity index (χ0) is 26.7. The van der Waals surface area contributed by atoms with Gasteiger partial charge < -0.3 is 10.2 Å². The van der Waals surface area contributed by atoms with E-state index in [0.29, 0.717) is 18.7 Å². The molecule has 5 heteroatoms. The second-order valence-electron chi connectivity index (χ2n) is 10.5. The molecule has 1 N–H and O–H groups in total. The van der Waals surface area contributed by atoms with Crippen molar-refractivity contribution in [3.63, 3.8) is 0 Å². The zero-order valence-corrected chi connectivity index (χ0v) is 23.5. The monoisotopic (exact) mass is 528 g/mol.